The second-order valence-corrected chi connectivity index (χ2v) is 5.63. The molecule has 102 valence electrons. The largest absolute Gasteiger partial charge is 0.306 e. The molecule has 2 rings (SSSR count). The molecular weight excluding hydrogens is 244 g/mol. The van der Waals surface area contributed by atoms with E-state index in [9.17, 15) is 8.78 Å². The summed E-state index contributed by atoms with van der Waals surface area (Å²) in [5, 5.41) is 3.13. The fourth-order valence-electron chi connectivity index (χ4n) is 3.35. The summed E-state index contributed by atoms with van der Waals surface area (Å²) in [4.78, 5) is 0. The second kappa shape index (κ2) is 5.83. The van der Waals surface area contributed by atoms with Crippen LogP contribution in [0.15, 0.2) is 0 Å². The zero-order valence-electron chi connectivity index (χ0n) is 10.6. The van der Waals surface area contributed by atoms with Crippen molar-refractivity contribution in [2.75, 3.05) is 6.54 Å². The molecular formula is C13H24ClF2N. The van der Waals surface area contributed by atoms with E-state index in [-0.39, 0.29) is 24.7 Å². The molecule has 1 saturated carbocycles. The van der Waals surface area contributed by atoms with Crippen LogP contribution in [0.3, 0.4) is 0 Å². The van der Waals surface area contributed by atoms with E-state index in [0.717, 1.165) is 32.2 Å². The van der Waals surface area contributed by atoms with Crippen LogP contribution in [0.2, 0.25) is 0 Å². The third kappa shape index (κ3) is 2.93. The van der Waals surface area contributed by atoms with E-state index in [4.69, 9.17) is 0 Å². The van der Waals surface area contributed by atoms with Crippen molar-refractivity contribution in [3.8, 4) is 0 Å². The molecule has 0 amide bonds. The van der Waals surface area contributed by atoms with Crippen molar-refractivity contribution in [3.63, 3.8) is 0 Å². The summed E-state index contributed by atoms with van der Waals surface area (Å²) in [6.07, 6.45) is 7.30. The first kappa shape index (κ1) is 15.2. The Morgan fingerprint density at radius 2 is 1.59 bits per heavy atom. The normalized spacial score (nSPS) is 34.8. The van der Waals surface area contributed by atoms with Gasteiger partial charge in [-0.15, -0.1) is 12.4 Å². The molecule has 1 heterocycles. The van der Waals surface area contributed by atoms with Gasteiger partial charge in [0.2, 0.25) is 0 Å². The number of hydrogen-bond acceptors (Lipinski definition) is 1. The minimum Gasteiger partial charge on any atom is -0.306 e. The van der Waals surface area contributed by atoms with Gasteiger partial charge in [-0.25, -0.2) is 8.78 Å². The topological polar surface area (TPSA) is 12.0 Å². The molecule has 0 spiro atoms. The highest BCUT2D eigenvalue weighted by molar-refractivity contribution is 5.85. The van der Waals surface area contributed by atoms with Crippen molar-refractivity contribution in [2.24, 2.45) is 5.92 Å². The van der Waals surface area contributed by atoms with Gasteiger partial charge in [-0.1, -0.05) is 25.7 Å². The van der Waals surface area contributed by atoms with Gasteiger partial charge in [-0.2, -0.15) is 0 Å². The third-order valence-corrected chi connectivity index (χ3v) is 4.59. The van der Waals surface area contributed by atoms with Gasteiger partial charge in [0.15, 0.2) is 0 Å². The summed E-state index contributed by atoms with van der Waals surface area (Å²) >= 11 is 0. The van der Waals surface area contributed by atoms with Crippen LogP contribution in [-0.4, -0.2) is 18.0 Å². The lowest BCUT2D eigenvalue weighted by atomic mass is 9.73. The summed E-state index contributed by atoms with van der Waals surface area (Å²) in [6, 6.07) is 0. The second-order valence-electron chi connectivity index (χ2n) is 5.63. The average molecular weight is 268 g/mol. The van der Waals surface area contributed by atoms with Crippen LogP contribution in [0.5, 0.6) is 0 Å². The fraction of sp³-hybridized carbons (Fsp3) is 1.00. The van der Waals surface area contributed by atoms with Crippen LogP contribution in [0, 0.1) is 5.92 Å². The zero-order chi connectivity index (χ0) is 11.6. The maximum Gasteiger partial charge on any atom is 0.265 e. The van der Waals surface area contributed by atoms with Gasteiger partial charge in [-0.05, 0) is 38.6 Å². The molecule has 1 atom stereocenters. The van der Waals surface area contributed by atoms with Crippen molar-refractivity contribution in [1.82, 2.24) is 5.32 Å². The summed E-state index contributed by atoms with van der Waals surface area (Å²) in [7, 11) is 0. The van der Waals surface area contributed by atoms with Crippen molar-refractivity contribution in [1.29, 1.82) is 0 Å². The Bertz CT molecular complexity index is 240. The van der Waals surface area contributed by atoms with Gasteiger partial charge in [0.25, 0.3) is 5.92 Å². The predicted molar refractivity (Wildman–Crippen MR) is 69.0 cm³/mol. The Hall–Kier alpha value is 0.110. The lowest BCUT2D eigenvalue weighted by molar-refractivity contribution is -0.131. The van der Waals surface area contributed by atoms with Gasteiger partial charge < -0.3 is 5.32 Å². The minimum absolute atomic E-state index is 0. The van der Waals surface area contributed by atoms with Crippen LogP contribution >= 0.6 is 12.4 Å². The Morgan fingerprint density at radius 3 is 2.12 bits per heavy atom. The van der Waals surface area contributed by atoms with Crippen LogP contribution in [-0.2, 0) is 0 Å². The number of rotatable bonds is 1. The molecule has 0 bridgehead atoms. The Kier molecular flexibility index (Phi) is 5.21. The first-order valence-corrected chi connectivity index (χ1v) is 6.69. The van der Waals surface area contributed by atoms with Gasteiger partial charge in [0.1, 0.15) is 0 Å². The first-order valence-electron chi connectivity index (χ1n) is 6.69. The molecule has 4 heteroatoms. The Morgan fingerprint density at radius 1 is 1.00 bits per heavy atom. The Labute approximate surface area is 109 Å². The van der Waals surface area contributed by atoms with Crippen LogP contribution in [0.1, 0.15) is 58.3 Å². The summed E-state index contributed by atoms with van der Waals surface area (Å²) in [6.45, 7) is 2.50. The van der Waals surface area contributed by atoms with E-state index in [1.807, 2.05) is 0 Å². The van der Waals surface area contributed by atoms with Crippen molar-refractivity contribution < 1.29 is 8.78 Å². The molecule has 1 aliphatic carbocycles. The molecule has 1 saturated heterocycles. The van der Waals surface area contributed by atoms with Crippen molar-refractivity contribution in [3.05, 3.63) is 0 Å². The standard InChI is InChI=1S/C13H23F2N.ClH/c1-12(11-7-4-2-3-5-8-11)13(14,15)9-6-10-16-12;/h11,16H,2-10H2,1H3;1H. The number of nitrogens with one attached hydrogen (secondary N) is 1. The zero-order valence-corrected chi connectivity index (χ0v) is 11.4. The smallest absolute Gasteiger partial charge is 0.265 e. The molecule has 17 heavy (non-hydrogen) atoms. The van der Waals surface area contributed by atoms with E-state index in [2.05, 4.69) is 5.32 Å². The van der Waals surface area contributed by atoms with E-state index in [1.54, 1.807) is 6.92 Å². The lowest BCUT2D eigenvalue weighted by Crippen LogP contribution is -2.64. The monoisotopic (exact) mass is 267 g/mol. The average Bonchev–Trinajstić information content (AvgIpc) is 2.51. The highest BCUT2D eigenvalue weighted by Crippen LogP contribution is 2.45. The van der Waals surface area contributed by atoms with Gasteiger partial charge in [0, 0.05) is 6.42 Å². The number of hydrogen-bond donors (Lipinski definition) is 1. The molecule has 1 N–H and O–H groups in total. The maximum absolute atomic E-state index is 14.1. The van der Waals surface area contributed by atoms with Crippen LogP contribution in [0.4, 0.5) is 8.78 Å². The molecule has 1 aliphatic heterocycles. The molecule has 1 nitrogen and oxygen atoms in total. The number of piperidine rings is 1. The quantitative estimate of drug-likeness (QED) is 0.704. The van der Waals surface area contributed by atoms with Crippen LogP contribution in [0.25, 0.3) is 0 Å². The molecule has 0 aromatic carbocycles. The molecule has 1 unspecified atom stereocenters. The van der Waals surface area contributed by atoms with E-state index < -0.39 is 11.5 Å². The fourth-order valence-corrected chi connectivity index (χ4v) is 3.35. The SMILES string of the molecule is CC1(C2CCCCCC2)NCCCC1(F)F.Cl. The Balaban J connectivity index is 0.00000144. The predicted octanol–water partition coefficient (Wildman–Crippen LogP) is 4.16. The van der Waals surface area contributed by atoms with E-state index >= 15 is 0 Å². The molecule has 0 aromatic heterocycles. The molecule has 0 radical (unpaired) electrons. The first-order chi connectivity index (χ1) is 7.56. The molecule has 2 aliphatic rings. The minimum atomic E-state index is -2.53. The van der Waals surface area contributed by atoms with Crippen LogP contribution < -0.4 is 5.32 Å². The summed E-state index contributed by atoms with van der Waals surface area (Å²) < 4.78 is 28.2. The molecule has 2 fully saturated rings. The van der Waals surface area contributed by atoms with E-state index in [0.29, 0.717) is 6.42 Å². The molecule has 0 aromatic rings. The summed E-state index contributed by atoms with van der Waals surface area (Å²) in [5.74, 6) is -2.37. The maximum atomic E-state index is 14.1. The number of alkyl halides is 2. The van der Waals surface area contributed by atoms with Gasteiger partial charge in [-0.3, -0.25) is 0 Å². The number of halogens is 3. The van der Waals surface area contributed by atoms with Gasteiger partial charge >= 0.3 is 0 Å². The third-order valence-electron chi connectivity index (χ3n) is 4.59. The van der Waals surface area contributed by atoms with Gasteiger partial charge in [0.05, 0.1) is 5.54 Å². The highest BCUT2D eigenvalue weighted by Gasteiger charge is 2.55. The van der Waals surface area contributed by atoms with Crippen molar-refractivity contribution in [2.45, 2.75) is 69.8 Å². The van der Waals surface area contributed by atoms with E-state index in [1.165, 1.54) is 12.8 Å². The lowest BCUT2D eigenvalue weighted by Gasteiger charge is -2.47. The highest BCUT2D eigenvalue weighted by atomic mass is 35.5. The summed E-state index contributed by atoms with van der Waals surface area (Å²) in [5.41, 5.74) is -0.949. The van der Waals surface area contributed by atoms with Crippen molar-refractivity contribution >= 4 is 12.4 Å².